The van der Waals surface area contributed by atoms with E-state index in [9.17, 15) is 14.0 Å². The Bertz CT molecular complexity index is 817. The standard InChI is InChI=1S/C20H22FN3O2/c1-13-6-3-7-14(2)18(13)23-19(25)17-10-5-11-24(17)20(26)22-16-9-4-8-15(21)12-16/h3-4,6-9,12,17H,5,10-11H2,1-2H3,(H,22,26)(H,23,25)/t17-/m0/s1. The number of anilines is 2. The fraction of sp³-hybridized carbons (Fsp3) is 0.300. The van der Waals surface area contributed by atoms with E-state index in [2.05, 4.69) is 10.6 Å². The summed E-state index contributed by atoms with van der Waals surface area (Å²) in [5.74, 6) is -0.622. The number of rotatable bonds is 3. The normalized spacial score (nSPS) is 16.4. The molecule has 1 aliphatic rings. The topological polar surface area (TPSA) is 61.4 Å². The first-order chi connectivity index (χ1) is 12.5. The van der Waals surface area contributed by atoms with E-state index in [1.165, 1.54) is 23.1 Å². The molecule has 26 heavy (non-hydrogen) atoms. The number of para-hydroxylation sites is 1. The number of carbonyl (C=O) groups is 2. The highest BCUT2D eigenvalue weighted by molar-refractivity contribution is 6.00. The number of halogens is 1. The van der Waals surface area contributed by atoms with Gasteiger partial charge in [0.2, 0.25) is 5.91 Å². The summed E-state index contributed by atoms with van der Waals surface area (Å²) >= 11 is 0. The molecule has 0 radical (unpaired) electrons. The maximum absolute atomic E-state index is 13.3. The second-order valence-electron chi connectivity index (χ2n) is 6.55. The van der Waals surface area contributed by atoms with Crippen molar-refractivity contribution >= 4 is 23.3 Å². The summed E-state index contributed by atoms with van der Waals surface area (Å²) in [4.78, 5) is 26.8. The average molecular weight is 355 g/mol. The lowest BCUT2D eigenvalue weighted by Gasteiger charge is -2.25. The zero-order valence-corrected chi connectivity index (χ0v) is 14.9. The number of urea groups is 1. The highest BCUT2D eigenvalue weighted by Gasteiger charge is 2.34. The molecule has 0 aromatic heterocycles. The first-order valence-electron chi connectivity index (χ1n) is 8.66. The van der Waals surface area contributed by atoms with Crippen LogP contribution >= 0.6 is 0 Å². The van der Waals surface area contributed by atoms with Gasteiger partial charge in [-0.1, -0.05) is 24.3 Å². The molecule has 0 unspecified atom stereocenters. The minimum Gasteiger partial charge on any atom is -0.324 e. The molecule has 1 heterocycles. The van der Waals surface area contributed by atoms with Crippen LogP contribution in [0, 0.1) is 19.7 Å². The molecule has 0 bridgehead atoms. The second kappa shape index (κ2) is 7.56. The van der Waals surface area contributed by atoms with Crippen LogP contribution < -0.4 is 10.6 Å². The summed E-state index contributed by atoms with van der Waals surface area (Å²) in [6.45, 7) is 4.36. The number of aryl methyl sites for hydroxylation is 2. The second-order valence-corrected chi connectivity index (χ2v) is 6.55. The number of benzene rings is 2. The summed E-state index contributed by atoms with van der Waals surface area (Å²) in [6, 6.07) is 10.6. The molecule has 0 saturated carbocycles. The van der Waals surface area contributed by atoms with Crippen LogP contribution in [-0.4, -0.2) is 29.4 Å². The predicted octanol–water partition coefficient (Wildman–Crippen LogP) is 4.08. The summed E-state index contributed by atoms with van der Waals surface area (Å²) in [6.07, 6.45) is 1.36. The van der Waals surface area contributed by atoms with Gasteiger partial charge in [0.05, 0.1) is 0 Å². The Kier molecular flexibility index (Phi) is 5.21. The van der Waals surface area contributed by atoms with Crippen LogP contribution in [-0.2, 0) is 4.79 Å². The third kappa shape index (κ3) is 3.85. The zero-order chi connectivity index (χ0) is 18.7. The number of nitrogens with zero attached hydrogens (tertiary/aromatic N) is 1. The fourth-order valence-electron chi connectivity index (χ4n) is 3.26. The van der Waals surface area contributed by atoms with Gasteiger partial charge < -0.3 is 15.5 Å². The van der Waals surface area contributed by atoms with E-state index in [0.29, 0.717) is 18.7 Å². The number of nitrogens with one attached hydrogen (secondary N) is 2. The molecule has 2 N–H and O–H groups in total. The van der Waals surface area contributed by atoms with E-state index in [1.54, 1.807) is 6.07 Å². The number of hydrogen-bond donors (Lipinski definition) is 2. The van der Waals surface area contributed by atoms with Gasteiger partial charge in [0.15, 0.2) is 0 Å². The van der Waals surface area contributed by atoms with Gasteiger partial charge in [-0.15, -0.1) is 0 Å². The SMILES string of the molecule is Cc1cccc(C)c1NC(=O)[C@@H]1CCCN1C(=O)Nc1cccc(F)c1. The Hall–Kier alpha value is -2.89. The lowest BCUT2D eigenvalue weighted by molar-refractivity contribution is -0.119. The van der Waals surface area contributed by atoms with Crippen LogP contribution in [0.5, 0.6) is 0 Å². The van der Waals surface area contributed by atoms with Gasteiger partial charge in [0.25, 0.3) is 0 Å². The van der Waals surface area contributed by atoms with Crippen molar-refractivity contribution in [2.75, 3.05) is 17.2 Å². The minimum absolute atomic E-state index is 0.200. The van der Waals surface area contributed by atoms with E-state index in [1.807, 2.05) is 32.0 Å². The summed E-state index contributed by atoms with van der Waals surface area (Å²) in [5.41, 5.74) is 3.12. The summed E-state index contributed by atoms with van der Waals surface area (Å²) in [7, 11) is 0. The maximum Gasteiger partial charge on any atom is 0.322 e. The molecular formula is C20H22FN3O2. The number of amides is 3. The van der Waals surface area contributed by atoms with Crippen LogP contribution in [0.3, 0.4) is 0 Å². The molecule has 1 atom stereocenters. The molecule has 3 amide bonds. The zero-order valence-electron chi connectivity index (χ0n) is 14.9. The molecule has 3 rings (SSSR count). The molecule has 1 saturated heterocycles. The van der Waals surface area contributed by atoms with Crippen molar-refractivity contribution < 1.29 is 14.0 Å². The maximum atomic E-state index is 13.3. The van der Waals surface area contributed by atoms with Gasteiger partial charge in [0, 0.05) is 17.9 Å². The third-order valence-corrected chi connectivity index (χ3v) is 4.62. The quantitative estimate of drug-likeness (QED) is 0.871. The Balaban J connectivity index is 1.71. The van der Waals surface area contributed by atoms with Crippen molar-refractivity contribution in [2.24, 2.45) is 0 Å². The van der Waals surface area contributed by atoms with Gasteiger partial charge in [-0.3, -0.25) is 4.79 Å². The largest absolute Gasteiger partial charge is 0.324 e. The van der Waals surface area contributed by atoms with Crippen molar-refractivity contribution in [1.29, 1.82) is 0 Å². The lowest BCUT2D eigenvalue weighted by atomic mass is 10.1. The van der Waals surface area contributed by atoms with Crippen molar-refractivity contribution in [2.45, 2.75) is 32.7 Å². The van der Waals surface area contributed by atoms with Gasteiger partial charge in [-0.2, -0.15) is 0 Å². The van der Waals surface area contributed by atoms with Gasteiger partial charge in [0.1, 0.15) is 11.9 Å². The molecule has 0 spiro atoms. The molecule has 1 fully saturated rings. The molecular weight excluding hydrogens is 333 g/mol. The van der Waals surface area contributed by atoms with Crippen LogP contribution in [0.4, 0.5) is 20.6 Å². The monoisotopic (exact) mass is 355 g/mol. The highest BCUT2D eigenvalue weighted by Crippen LogP contribution is 2.24. The minimum atomic E-state index is -0.539. The van der Waals surface area contributed by atoms with E-state index >= 15 is 0 Å². The van der Waals surface area contributed by atoms with Crippen molar-refractivity contribution in [3.63, 3.8) is 0 Å². The molecule has 1 aliphatic heterocycles. The molecule has 136 valence electrons. The van der Waals surface area contributed by atoms with E-state index in [0.717, 1.165) is 23.2 Å². The van der Waals surface area contributed by atoms with Crippen LogP contribution in [0.1, 0.15) is 24.0 Å². The smallest absolute Gasteiger partial charge is 0.322 e. The average Bonchev–Trinajstić information content (AvgIpc) is 3.08. The van der Waals surface area contributed by atoms with Gasteiger partial charge in [-0.25, -0.2) is 9.18 Å². The Labute approximate surface area is 152 Å². The van der Waals surface area contributed by atoms with Crippen LogP contribution in [0.15, 0.2) is 42.5 Å². The first-order valence-corrected chi connectivity index (χ1v) is 8.66. The van der Waals surface area contributed by atoms with Gasteiger partial charge >= 0.3 is 6.03 Å². The Morgan fingerprint density at radius 3 is 2.46 bits per heavy atom. The van der Waals surface area contributed by atoms with Crippen molar-refractivity contribution in [3.8, 4) is 0 Å². The van der Waals surface area contributed by atoms with Crippen molar-refractivity contribution in [3.05, 3.63) is 59.4 Å². The first kappa shape index (κ1) is 17.9. The highest BCUT2D eigenvalue weighted by atomic mass is 19.1. The van der Waals surface area contributed by atoms with E-state index < -0.39 is 17.9 Å². The van der Waals surface area contributed by atoms with Crippen LogP contribution in [0.25, 0.3) is 0 Å². The van der Waals surface area contributed by atoms with E-state index in [4.69, 9.17) is 0 Å². The van der Waals surface area contributed by atoms with Crippen LogP contribution in [0.2, 0.25) is 0 Å². The lowest BCUT2D eigenvalue weighted by Crippen LogP contribution is -2.45. The summed E-state index contributed by atoms with van der Waals surface area (Å²) < 4.78 is 13.3. The molecule has 6 heteroatoms. The molecule has 2 aromatic rings. The number of likely N-dealkylation sites (tertiary alicyclic amines) is 1. The van der Waals surface area contributed by atoms with Crippen molar-refractivity contribution in [1.82, 2.24) is 4.90 Å². The fourth-order valence-corrected chi connectivity index (χ4v) is 3.26. The third-order valence-electron chi connectivity index (χ3n) is 4.62. The number of carbonyl (C=O) groups excluding carboxylic acids is 2. The molecule has 0 aliphatic carbocycles. The Morgan fingerprint density at radius 1 is 1.08 bits per heavy atom. The van der Waals surface area contributed by atoms with E-state index in [-0.39, 0.29) is 5.91 Å². The summed E-state index contributed by atoms with van der Waals surface area (Å²) in [5, 5.41) is 5.62. The molecule has 2 aromatic carbocycles. The van der Waals surface area contributed by atoms with Gasteiger partial charge in [-0.05, 0) is 56.0 Å². The molecule has 5 nitrogen and oxygen atoms in total. The predicted molar refractivity (Wildman–Crippen MR) is 99.7 cm³/mol. The number of hydrogen-bond acceptors (Lipinski definition) is 2. The Morgan fingerprint density at radius 2 is 1.77 bits per heavy atom.